The molecule has 0 heterocycles. The van der Waals surface area contributed by atoms with Gasteiger partial charge >= 0.3 is 0 Å². The maximum Gasteiger partial charge on any atom is 0.130 e. The Morgan fingerprint density at radius 1 is 1.05 bits per heavy atom. The molecule has 1 unspecified atom stereocenters. The highest BCUT2D eigenvalue weighted by molar-refractivity contribution is 6.17. The molecule has 0 aliphatic rings. The van der Waals surface area contributed by atoms with Gasteiger partial charge in [0.1, 0.15) is 23.5 Å². The van der Waals surface area contributed by atoms with E-state index in [9.17, 15) is 8.78 Å². The van der Waals surface area contributed by atoms with Crippen LogP contribution in [0.25, 0.3) is 0 Å². The zero-order valence-corrected chi connectivity index (χ0v) is 10.9. The van der Waals surface area contributed by atoms with Crippen LogP contribution in [0.5, 0.6) is 5.75 Å². The smallest absolute Gasteiger partial charge is 0.130 e. The number of hydrogen-bond acceptors (Lipinski definition) is 1. The van der Waals surface area contributed by atoms with Crippen molar-refractivity contribution >= 4 is 11.6 Å². The van der Waals surface area contributed by atoms with Crippen molar-refractivity contribution in [3.05, 3.63) is 65.7 Å². The maximum absolute atomic E-state index is 13.7. The van der Waals surface area contributed by atoms with Crippen LogP contribution in [-0.2, 0) is 0 Å². The first-order chi connectivity index (χ1) is 9.20. The summed E-state index contributed by atoms with van der Waals surface area (Å²) < 4.78 is 32.5. The van der Waals surface area contributed by atoms with Gasteiger partial charge in [-0.2, -0.15) is 0 Å². The lowest BCUT2D eigenvalue weighted by molar-refractivity contribution is 0.196. The highest BCUT2D eigenvalue weighted by Crippen LogP contribution is 2.27. The summed E-state index contributed by atoms with van der Waals surface area (Å²) in [5.41, 5.74) is 0.424. The predicted octanol–water partition coefficient (Wildman–Crippen LogP) is 4.71. The van der Waals surface area contributed by atoms with E-state index in [1.165, 1.54) is 18.2 Å². The fraction of sp³-hybridized carbons (Fsp3) is 0.200. The Balaban J connectivity index is 2.24. The summed E-state index contributed by atoms with van der Waals surface area (Å²) >= 11 is 5.72. The van der Waals surface area contributed by atoms with Crippen molar-refractivity contribution in [2.75, 3.05) is 5.88 Å². The number of ether oxygens (including phenoxy) is 1. The molecule has 1 atom stereocenters. The Morgan fingerprint density at radius 2 is 1.84 bits per heavy atom. The Bertz CT molecular complexity index is 545. The molecule has 0 aliphatic heterocycles. The highest BCUT2D eigenvalue weighted by Gasteiger charge is 2.17. The molecule has 100 valence electrons. The molecule has 4 heteroatoms. The molecular formula is C15H13ClF2O. The fourth-order valence-electron chi connectivity index (χ4n) is 1.82. The first-order valence-electron chi connectivity index (χ1n) is 5.93. The van der Waals surface area contributed by atoms with Crippen molar-refractivity contribution in [2.45, 2.75) is 12.5 Å². The molecule has 0 radical (unpaired) electrons. The van der Waals surface area contributed by atoms with Gasteiger partial charge in [-0.15, -0.1) is 11.6 Å². The molecule has 0 saturated carbocycles. The molecule has 0 fully saturated rings. The van der Waals surface area contributed by atoms with Crippen LogP contribution in [-0.4, -0.2) is 5.88 Å². The van der Waals surface area contributed by atoms with Crippen LogP contribution in [0.4, 0.5) is 8.78 Å². The number of benzene rings is 2. The second kappa shape index (κ2) is 6.53. The van der Waals surface area contributed by atoms with E-state index in [1.807, 2.05) is 0 Å². The zero-order chi connectivity index (χ0) is 13.7. The lowest BCUT2D eigenvalue weighted by Crippen LogP contribution is -2.10. The molecule has 0 spiro atoms. The molecule has 2 rings (SSSR count). The van der Waals surface area contributed by atoms with Crippen LogP contribution in [0, 0.1) is 11.6 Å². The van der Waals surface area contributed by atoms with E-state index in [0.717, 1.165) is 0 Å². The minimum Gasteiger partial charge on any atom is -0.485 e. The molecule has 0 bridgehead atoms. The topological polar surface area (TPSA) is 9.23 Å². The van der Waals surface area contributed by atoms with Gasteiger partial charge in [0.05, 0.1) is 0 Å². The molecule has 1 nitrogen and oxygen atoms in total. The standard InChI is InChI=1S/C15H13ClF2O/c16-9-8-15(13-6-1-2-7-14(13)18)19-12-5-3-4-11(17)10-12/h1-7,10,15H,8-9H2. The molecule has 0 aliphatic carbocycles. The van der Waals surface area contributed by atoms with E-state index in [4.69, 9.17) is 16.3 Å². The summed E-state index contributed by atoms with van der Waals surface area (Å²) in [7, 11) is 0. The van der Waals surface area contributed by atoms with Gasteiger partial charge in [0.2, 0.25) is 0 Å². The summed E-state index contributed by atoms with van der Waals surface area (Å²) in [6.07, 6.45) is -0.0839. The zero-order valence-electron chi connectivity index (χ0n) is 10.2. The minimum absolute atomic E-state index is 0.328. The summed E-state index contributed by atoms with van der Waals surface area (Å²) in [6.45, 7) is 0. The Morgan fingerprint density at radius 3 is 2.53 bits per heavy atom. The van der Waals surface area contributed by atoms with Crippen molar-refractivity contribution in [2.24, 2.45) is 0 Å². The van der Waals surface area contributed by atoms with Crippen LogP contribution in [0.1, 0.15) is 18.1 Å². The van der Waals surface area contributed by atoms with Crippen molar-refractivity contribution in [3.8, 4) is 5.75 Å². The van der Waals surface area contributed by atoms with E-state index < -0.39 is 11.9 Å². The second-order valence-electron chi connectivity index (χ2n) is 4.06. The molecule has 0 saturated heterocycles. The van der Waals surface area contributed by atoms with Crippen molar-refractivity contribution in [1.29, 1.82) is 0 Å². The summed E-state index contributed by atoms with van der Waals surface area (Å²) in [4.78, 5) is 0. The molecule has 0 aromatic heterocycles. The molecule has 0 amide bonds. The lowest BCUT2D eigenvalue weighted by atomic mass is 10.1. The van der Waals surface area contributed by atoms with Gasteiger partial charge < -0.3 is 4.74 Å². The van der Waals surface area contributed by atoms with Gasteiger partial charge in [0.25, 0.3) is 0 Å². The monoisotopic (exact) mass is 282 g/mol. The van der Waals surface area contributed by atoms with E-state index in [0.29, 0.717) is 23.6 Å². The average Bonchev–Trinajstić information content (AvgIpc) is 2.39. The van der Waals surface area contributed by atoms with Crippen LogP contribution < -0.4 is 4.74 Å². The number of rotatable bonds is 5. The van der Waals surface area contributed by atoms with Gasteiger partial charge in [-0.3, -0.25) is 0 Å². The first-order valence-corrected chi connectivity index (χ1v) is 6.47. The molecule has 2 aromatic carbocycles. The van der Waals surface area contributed by atoms with E-state index in [-0.39, 0.29) is 5.82 Å². The normalized spacial score (nSPS) is 12.2. The van der Waals surface area contributed by atoms with E-state index >= 15 is 0 Å². The third-order valence-corrected chi connectivity index (χ3v) is 2.92. The summed E-state index contributed by atoms with van der Waals surface area (Å²) in [6, 6.07) is 12.1. The Kier molecular flexibility index (Phi) is 4.74. The molecule has 2 aromatic rings. The van der Waals surface area contributed by atoms with E-state index in [1.54, 1.807) is 30.3 Å². The van der Waals surface area contributed by atoms with Gasteiger partial charge in [0, 0.05) is 23.9 Å². The third kappa shape index (κ3) is 3.67. The number of halogens is 3. The third-order valence-electron chi connectivity index (χ3n) is 2.70. The van der Waals surface area contributed by atoms with Crippen LogP contribution in [0.2, 0.25) is 0 Å². The number of hydrogen-bond donors (Lipinski definition) is 0. The summed E-state index contributed by atoms with van der Waals surface area (Å²) in [5.74, 6) is -0.0584. The van der Waals surface area contributed by atoms with Crippen LogP contribution in [0.15, 0.2) is 48.5 Å². The quantitative estimate of drug-likeness (QED) is 0.722. The van der Waals surface area contributed by atoms with Gasteiger partial charge in [-0.25, -0.2) is 8.78 Å². The molecule has 0 N–H and O–H groups in total. The lowest BCUT2D eigenvalue weighted by Gasteiger charge is -2.19. The molecule has 19 heavy (non-hydrogen) atoms. The van der Waals surface area contributed by atoms with Crippen molar-refractivity contribution in [1.82, 2.24) is 0 Å². The minimum atomic E-state index is -0.527. The highest BCUT2D eigenvalue weighted by atomic mass is 35.5. The van der Waals surface area contributed by atoms with Gasteiger partial charge in [0.15, 0.2) is 0 Å². The predicted molar refractivity (Wildman–Crippen MR) is 71.5 cm³/mol. The Hall–Kier alpha value is -1.61. The fourth-order valence-corrected chi connectivity index (χ4v) is 2.02. The first kappa shape index (κ1) is 13.8. The maximum atomic E-state index is 13.7. The van der Waals surface area contributed by atoms with Crippen molar-refractivity contribution < 1.29 is 13.5 Å². The van der Waals surface area contributed by atoms with Gasteiger partial charge in [-0.05, 0) is 18.2 Å². The van der Waals surface area contributed by atoms with E-state index in [2.05, 4.69) is 0 Å². The van der Waals surface area contributed by atoms with Crippen molar-refractivity contribution in [3.63, 3.8) is 0 Å². The van der Waals surface area contributed by atoms with Crippen LogP contribution in [0.3, 0.4) is 0 Å². The molecular weight excluding hydrogens is 270 g/mol. The summed E-state index contributed by atoms with van der Waals surface area (Å²) in [5, 5.41) is 0. The second-order valence-corrected chi connectivity index (χ2v) is 4.44. The Labute approximate surface area is 115 Å². The largest absolute Gasteiger partial charge is 0.485 e. The van der Waals surface area contributed by atoms with Gasteiger partial charge in [-0.1, -0.05) is 24.3 Å². The SMILES string of the molecule is Fc1cccc(OC(CCCl)c2ccccc2F)c1. The average molecular weight is 283 g/mol. The number of alkyl halides is 1. The van der Waals surface area contributed by atoms with Crippen LogP contribution >= 0.6 is 11.6 Å².